The van der Waals surface area contributed by atoms with Crippen LogP contribution in [0.2, 0.25) is 5.02 Å². The van der Waals surface area contributed by atoms with Gasteiger partial charge in [-0.15, -0.1) is 11.3 Å². The lowest BCUT2D eigenvalue weighted by atomic mass is 10.2. The van der Waals surface area contributed by atoms with Crippen molar-refractivity contribution >= 4 is 34.7 Å². The molecule has 0 bridgehead atoms. The van der Waals surface area contributed by atoms with Crippen molar-refractivity contribution in [3.05, 3.63) is 50.7 Å². The summed E-state index contributed by atoms with van der Waals surface area (Å²) in [4.78, 5) is 25.5. The van der Waals surface area contributed by atoms with E-state index in [1.54, 1.807) is 24.3 Å². The molecule has 0 saturated carbocycles. The van der Waals surface area contributed by atoms with Crippen molar-refractivity contribution in [2.24, 2.45) is 0 Å². The molecule has 0 unspecified atom stereocenters. The number of hydrogen-bond donors (Lipinski definition) is 0. The van der Waals surface area contributed by atoms with Crippen LogP contribution in [0.15, 0.2) is 30.3 Å². The van der Waals surface area contributed by atoms with Gasteiger partial charge in [0.05, 0.1) is 18.4 Å². The minimum absolute atomic E-state index is 0.0413. The molecule has 0 N–H and O–H groups in total. The first-order chi connectivity index (χ1) is 11.0. The number of ether oxygens (including phenoxy) is 2. The van der Waals surface area contributed by atoms with Gasteiger partial charge in [-0.3, -0.25) is 9.59 Å². The van der Waals surface area contributed by atoms with Crippen LogP contribution in [0.25, 0.3) is 0 Å². The van der Waals surface area contributed by atoms with Crippen molar-refractivity contribution in [3.63, 3.8) is 0 Å². The average Bonchev–Trinajstić information content (AvgIpc) is 2.97. The summed E-state index contributed by atoms with van der Waals surface area (Å²) in [6.07, 6.45) is 0.199. The SMILES string of the molecule is COc1ccc(Cl)cc1COC(=O)CCC(=O)c1ccc(C)s1. The van der Waals surface area contributed by atoms with E-state index in [1.165, 1.54) is 18.4 Å². The minimum atomic E-state index is -0.423. The first-order valence-corrected chi connectivity index (χ1v) is 8.26. The van der Waals surface area contributed by atoms with Gasteiger partial charge in [-0.2, -0.15) is 0 Å². The summed E-state index contributed by atoms with van der Waals surface area (Å²) in [6.45, 7) is 2.00. The summed E-state index contributed by atoms with van der Waals surface area (Å²) in [6, 6.07) is 8.78. The number of thiophene rings is 1. The molecule has 0 atom stereocenters. The first-order valence-electron chi connectivity index (χ1n) is 7.07. The Kier molecular flexibility index (Phi) is 6.19. The summed E-state index contributed by atoms with van der Waals surface area (Å²) in [5, 5.41) is 0.542. The summed E-state index contributed by atoms with van der Waals surface area (Å²) in [7, 11) is 1.54. The Hall–Kier alpha value is -1.85. The smallest absolute Gasteiger partial charge is 0.306 e. The second kappa shape index (κ2) is 8.13. The Labute approximate surface area is 144 Å². The van der Waals surface area contributed by atoms with Crippen molar-refractivity contribution in [2.75, 3.05) is 7.11 Å². The summed E-state index contributed by atoms with van der Waals surface area (Å²) in [5.74, 6) is 0.140. The molecule has 0 radical (unpaired) electrons. The molecule has 0 fully saturated rings. The van der Waals surface area contributed by atoms with Crippen LogP contribution in [0, 0.1) is 6.92 Å². The normalized spacial score (nSPS) is 10.4. The van der Waals surface area contributed by atoms with Crippen LogP contribution in [0.4, 0.5) is 0 Å². The molecule has 0 aliphatic carbocycles. The Morgan fingerprint density at radius 1 is 1.17 bits per heavy atom. The second-order valence-electron chi connectivity index (χ2n) is 4.95. The van der Waals surface area contributed by atoms with Gasteiger partial charge in [0.25, 0.3) is 0 Å². The fraction of sp³-hybridized carbons (Fsp3) is 0.294. The number of hydrogen-bond acceptors (Lipinski definition) is 5. The van der Waals surface area contributed by atoms with Crippen LogP contribution in [0.3, 0.4) is 0 Å². The number of esters is 1. The maximum atomic E-state index is 11.9. The number of benzene rings is 1. The van der Waals surface area contributed by atoms with Crippen molar-refractivity contribution in [1.82, 2.24) is 0 Å². The van der Waals surface area contributed by atoms with Gasteiger partial charge >= 0.3 is 5.97 Å². The van der Waals surface area contributed by atoms with Gasteiger partial charge in [0.1, 0.15) is 12.4 Å². The van der Waals surface area contributed by atoms with E-state index >= 15 is 0 Å². The number of rotatable bonds is 7. The Morgan fingerprint density at radius 3 is 2.61 bits per heavy atom. The van der Waals surface area contributed by atoms with E-state index in [0.717, 1.165) is 4.88 Å². The molecule has 0 saturated heterocycles. The van der Waals surface area contributed by atoms with Crippen LogP contribution >= 0.6 is 22.9 Å². The van der Waals surface area contributed by atoms with Gasteiger partial charge in [0, 0.05) is 21.9 Å². The van der Waals surface area contributed by atoms with Crippen LogP contribution in [-0.2, 0) is 16.1 Å². The highest BCUT2D eigenvalue weighted by Crippen LogP contribution is 2.23. The number of carbonyl (C=O) groups excluding carboxylic acids is 2. The van der Waals surface area contributed by atoms with E-state index in [9.17, 15) is 9.59 Å². The number of carbonyl (C=O) groups is 2. The van der Waals surface area contributed by atoms with Gasteiger partial charge in [-0.25, -0.2) is 0 Å². The largest absolute Gasteiger partial charge is 0.496 e. The summed E-state index contributed by atoms with van der Waals surface area (Å²) < 4.78 is 10.4. The third-order valence-corrected chi connectivity index (χ3v) is 4.48. The van der Waals surface area contributed by atoms with Crippen LogP contribution in [0.5, 0.6) is 5.75 Å². The molecule has 2 rings (SSSR count). The standard InChI is InChI=1S/C17H17ClO4S/c1-11-3-7-16(23-11)14(19)5-8-17(20)22-10-12-9-13(18)4-6-15(12)21-2/h3-4,6-7,9H,5,8,10H2,1-2H3. The predicted molar refractivity (Wildman–Crippen MR) is 90.4 cm³/mol. The monoisotopic (exact) mass is 352 g/mol. The summed E-state index contributed by atoms with van der Waals surface area (Å²) in [5.41, 5.74) is 0.688. The Bertz CT molecular complexity index is 708. The van der Waals surface area contributed by atoms with Crippen LogP contribution < -0.4 is 4.74 Å². The molecule has 4 nitrogen and oxygen atoms in total. The molecule has 23 heavy (non-hydrogen) atoms. The highest BCUT2D eigenvalue weighted by Gasteiger charge is 2.13. The number of methoxy groups -OCH3 is 1. The molecule has 0 aliphatic rings. The highest BCUT2D eigenvalue weighted by molar-refractivity contribution is 7.14. The van der Waals surface area contributed by atoms with Gasteiger partial charge in [0.2, 0.25) is 0 Å². The first kappa shape index (κ1) is 17.5. The zero-order valence-electron chi connectivity index (χ0n) is 12.9. The lowest BCUT2D eigenvalue weighted by Crippen LogP contribution is -2.08. The Morgan fingerprint density at radius 2 is 1.96 bits per heavy atom. The van der Waals surface area contributed by atoms with E-state index in [-0.39, 0.29) is 25.2 Å². The quantitative estimate of drug-likeness (QED) is 0.546. The van der Waals surface area contributed by atoms with Crippen molar-refractivity contribution < 1.29 is 19.1 Å². The van der Waals surface area contributed by atoms with E-state index in [0.29, 0.717) is 21.2 Å². The lowest BCUT2D eigenvalue weighted by molar-refractivity contribution is -0.144. The Balaban J connectivity index is 1.83. The maximum Gasteiger partial charge on any atom is 0.306 e. The van der Waals surface area contributed by atoms with E-state index < -0.39 is 5.97 Å². The second-order valence-corrected chi connectivity index (χ2v) is 6.67. The van der Waals surface area contributed by atoms with Crippen LogP contribution in [-0.4, -0.2) is 18.9 Å². The topological polar surface area (TPSA) is 52.6 Å². The van der Waals surface area contributed by atoms with E-state index in [1.807, 2.05) is 13.0 Å². The molecular weight excluding hydrogens is 336 g/mol. The zero-order valence-corrected chi connectivity index (χ0v) is 14.5. The highest BCUT2D eigenvalue weighted by atomic mass is 35.5. The predicted octanol–water partition coefficient (Wildman–Crippen LogP) is 4.42. The number of aryl methyl sites for hydroxylation is 1. The molecule has 1 aromatic carbocycles. The van der Waals surface area contributed by atoms with Gasteiger partial charge < -0.3 is 9.47 Å². The molecule has 122 valence electrons. The minimum Gasteiger partial charge on any atom is -0.496 e. The van der Waals surface area contributed by atoms with Gasteiger partial charge in [0.15, 0.2) is 5.78 Å². The molecule has 0 aliphatic heterocycles. The molecule has 0 amide bonds. The van der Waals surface area contributed by atoms with Crippen molar-refractivity contribution in [2.45, 2.75) is 26.4 Å². The number of ketones is 1. The van der Waals surface area contributed by atoms with Crippen molar-refractivity contribution in [1.29, 1.82) is 0 Å². The fourth-order valence-corrected chi connectivity index (χ4v) is 3.04. The molecule has 6 heteroatoms. The number of Topliss-reactive ketones (excluding diaryl/α,β-unsaturated/α-hetero) is 1. The zero-order chi connectivity index (χ0) is 16.8. The third-order valence-electron chi connectivity index (χ3n) is 3.20. The molecule has 1 aromatic heterocycles. The van der Waals surface area contributed by atoms with Crippen molar-refractivity contribution in [3.8, 4) is 5.75 Å². The fourth-order valence-electron chi connectivity index (χ4n) is 2.01. The maximum absolute atomic E-state index is 11.9. The molecule has 0 spiro atoms. The van der Waals surface area contributed by atoms with Crippen LogP contribution in [0.1, 0.15) is 33.0 Å². The van der Waals surface area contributed by atoms with Gasteiger partial charge in [-0.1, -0.05) is 11.6 Å². The number of halogens is 1. The average molecular weight is 353 g/mol. The van der Waals surface area contributed by atoms with E-state index in [2.05, 4.69) is 0 Å². The summed E-state index contributed by atoms with van der Waals surface area (Å²) >= 11 is 7.35. The lowest BCUT2D eigenvalue weighted by Gasteiger charge is -2.09. The molecule has 1 heterocycles. The molecular formula is C17H17ClO4S. The molecule has 2 aromatic rings. The van der Waals surface area contributed by atoms with Gasteiger partial charge in [-0.05, 0) is 37.3 Å². The third kappa shape index (κ3) is 5.08. The van der Waals surface area contributed by atoms with E-state index in [4.69, 9.17) is 21.1 Å².